The van der Waals surface area contributed by atoms with E-state index in [1.54, 1.807) is 4.57 Å². The van der Waals surface area contributed by atoms with E-state index < -0.39 is 0 Å². The normalized spacial score (nSPS) is 10.6. The molecular weight excluding hydrogens is 238 g/mol. The van der Waals surface area contributed by atoms with Gasteiger partial charge in [0.15, 0.2) is 5.82 Å². The SMILES string of the molecule is Cn1c(C(=O)Nc2ccccc2)nc2ccccc21. The fourth-order valence-electron chi connectivity index (χ4n) is 2.06. The molecule has 0 aliphatic carbocycles. The Morgan fingerprint density at radius 3 is 2.47 bits per heavy atom. The van der Waals surface area contributed by atoms with Gasteiger partial charge < -0.3 is 9.88 Å². The van der Waals surface area contributed by atoms with Gasteiger partial charge in [-0.1, -0.05) is 30.3 Å². The lowest BCUT2D eigenvalue weighted by Crippen LogP contribution is -2.16. The molecular formula is C15H13N3O. The third-order valence-corrected chi connectivity index (χ3v) is 3.02. The number of rotatable bonds is 2. The molecule has 0 fully saturated rings. The molecule has 1 heterocycles. The van der Waals surface area contributed by atoms with Crippen molar-refractivity contribution in [1.29, 1.82) is 0 Å². The quantitative estimate of drug-likeness (QED) is 0.761. The summed E-state index contributed by atoms with van der Waals surface area (Å²) in [6.07, 6.45) is 0. The number of hydrogen-bond donors (Lipinski definition) is 1. The Labute approximate surface area is 110 Å². The molecule has 0 saturated heterocycles. The fraction of sp³-hybridized carbons (Fsp3) is 0.0667. The van der Waals surface area contributed by atoms with Gasteiger partial charge in [0.05, 0.1) is 11.0 Å². The van der Waals surface area contributed by atoms with E-state index >= 15 is 0 Å². The van der Waals surface area contributed by atoms with Crippen LogP contribution in [-0.4, -0.2) is 15.5 Å². The van der Waals surface area contributed by atoms with Crippen LogP contribution in [0.3, 0.4) is 0 Å². The Bertz CT molecular complexity index is 731. The van der Waals surface area contributed by atoms with Crippen molar-refractivity contribution in [3.05, 3.63) is 60.4 Å². The van der Waals surface area contributed by atoms with Crippen LogP contribution in [0.2, 0.25) is 0 Å². The molecule has 94 valence electrons. The monoisotopic (exact) mass is 251 g/mol. The van der Waals surface area contributed by atoms with Gasteiger partial charge in [0.25, 0.3) is 5.91 Å². The number of nitrogens with one attached hydrogen (secondary N) is 1. The summed E-state index contributed by atoms with van der Waals surface area (Å²) in [4.78, 5) is 16.6. The molecule has 0 radical (unpaired) electrons. The molecule has 1 N–H and O–H groups in total. The predicted octanol–water partition coefficient (Wildman–Crippen LogP) is 2.83. The summed E-state index contributed by atoms with van der Waals surface area (Å²) in [5, 5.41) is 2.84. The molecule has 0 saturated carbocycles. The summed E-state index contributed by atoms with van der Waals surface area (Å²) in [6, 6.07) is 17.0. The van der Waals surface area contributed by atoms with E-state index in [2.05, 4.69) is 10.3 Å². The predicted molar refractivity (Wildman–Crippen MR) is 75.1 cm³/mol. The highest BCUT2D eigenvalue weighted by Gasteiger charge is 2.14. The van der Waals surface area contributed by atoms with Crippen molar-refractivity contribution < 1.29 is 4.79 Å². The van der Waals surface area contributed by atoms with E-state index in [-0.39, 0.29) is 5.91 Å². The second-order valence-electron chi connectivity index (χ2n) is 4.30. The van der Waals surface area contributed by atoms with Crippen LogP contribution in [0.25, 0.3) is 11.0 Å². The standard InChI is InChI=1S/C15H13N3O/c1-18-13-10-6-5-9-12(13)17-14(18)15(19)16-11-7-3-2-4-8-11/h2-10H,1H3,(H,16,19). The second-order valence-corrected chi connectivity index (χ2v) is 4.30. The first-order valence-electron chi connectivity index (χ1n) is 6.03. The third kappa shape index (κ3) is 2.08. The average Bonchev–Trinajstić information content (AvgIpc) is 2.78. The molecule has 2 aromatic carbocycles. The van der Waals surface area contributed by atoms with Crippen LogP contribution in [0.4, 0.5) is 5.69 Å². The first kappa shape index (κ1) is 11.5. The summed E-state index contributed by atoms with van der Waals surface area (Å²) < 4.78 is 1.80. The minimum atomic E-state index is -0.204. The van der Waals surface area contributed by atoms with Crippen molar-refractivity contribution in [1.82, 2.24) is 9.55 Å². The van der Waals surface area contributed by atoms with Crippen LogP contribution in [0.5, 0.6) is 0 Å². The largest absolute Gasteiger partial charge is 0.323 e. The highest BCUT2D eigenvalue weighted by molar-refractivity contribution is 6.03. The molecule has 0 unspecified atom stereocenters. The van der Waals surface area contributed by atoms with Crippen molar-refractivity contribution >= 4 is 22.6 Å². The van der Waals surface area contributed by atoms with Crippen molar-refractivity contribution in [2.75, 3.05) is 5.32 Å². The number of benzene rings is 2. The molecule has 19 heavy (non-hydrogen) atoms. The van der Waals surface area contributed by atoms with Gasteiger partial charge >= 0.3 is 0 Å². The molecule has 0 aliphatic heterocycles. The number of carbonyl (C=O) groups is 1. The van der Waals surface area contributed by atoms with Crippen LogP contribution in [-0.2, 0) is 7.05 Å². The van der Waals surface area contributed by atoms with Gasteiger partial charge in [-0.15, -0.1) is 0 Å². The van der Waals surface area contributed by atoms with E-state index in [1.807, 2.05) is 61.6 Å². The van der Waals surface area contributed by atoms with Crippen LogP contribution in [0.15, 0.2) is 54.6 Å². The number of imidazole rings is 1. The van der Waals surface area contributed by atoms with Crippen LogP contribution < -0.4 is 5.32 Å². The Morgan fingerprint density at radius 2 is 1.74 bits per heavy atom. The topological polar surface area (TPSA) is 46.9 Å². The Morgan fingerprint density at radius 1 is 1.05 bits per heavy atom. The zero-order valence-corrected chi connectivity index (χ0v) is 10.5. The van der Waals surface area contributed by atoms with Crippen molar-refractivity contribution in [3.63, 3.8) is 0 Å². The average molecular weight is 251 g/mol. The van der Waals surface area contributed by atoms with Crippen LogP contribution in [0.1, 0.15) is 10.6 Å². The van der Waals surface area contributed by atoms with E-state index in [1.165, 1.54) is 0 Å². The molecule has 3 rings (SSSR count). The molecule has 0 bridgehead atoms. The van der Waals surface area contributed by atoms with Gasteiger partial charge in [-0.2, -0.15) is 0 Å². The maximum Gasteiger partial charge on any atom is 0.291 e. The van der Waals surface area contributed by atoms with Gasteiger partial charge in [0.2, 0.25) is 0 Å². The van der Waals surface area contributed by atoms with E-state index in [0.717, 1.165) is 16.7 Å². The molecule has 4 nitrogen and oxygen atoms in total. The summed E-state index contributed by atoms with van der Waals surface area (Å²) >= 11 is 0. The summed E-state index contributed by atoms with van der Waals surface area (Å²) in [7, 11) is 1.84. The van der Waals surface area contributed by atoms with E-state index in [9.17, 15) is 4.79 Å². The number of fused-ring (bicyclic) bond motifs is 1. The van der Waals surface area contributed by atoms with Gasteiger partial charge in [-0.25, -0.2) is 4.98 Å². The maximum absolute atomic E-state index is 12.2. The van der Waals surface area contributed by atoms with Gasteiger partial charge in [-0.05, 0) is 24.3 Å². The van der Waals surface area contributed by atoms with E-state index in [0.29, 0.717) is 5.82 Å². The zero-order valence-electron chi connectivity index (χ0n) is 10.5. The number of anilines is 1. The van der Waals surface area contributed by atoms with Gasteiger partial charge in [-0.3, -0.25) is 4.79 Å². The molecule has 1 amide bonds. The van der Waals surface area contributed by atoms with Crippen molar-refractivity contribution in [2.45, 2.75) is 0 Å². The number of hydrogen-bond acceptors (Lipinski definition) is 2. The Kier molecular flexibility index (Phi) is 2.76. The number of amides is 1. The molecule has 1 aromatic heterocycles. The Balaban J connectivity index is 1.96. The molecule has 3 aromatic rings. The summed E-state index contributed by atoms with van der Waals surface area (Å²) in [6.45, 7) is 0. The fourth-order valence-corrected chi connectivity index (χ4v) is 2.06. The molecule has 0 atom stereocenters. The van der Waals surface area contributed by atoms with Gasteiger partial charge in [0, 0.05) is 12.7 Å². The highest BCUT2D eigenvalue weighted by atomic mass is 16.2. The minimum Gasteiger partial charge on any atom is -0.323 e. The zero-order chi connectivity index (χ0) is 13.2. The molecule has 0 spiro atoms. The molecule has 4 heteroatoms. The lowest BCUT2D eigenvalue weighted by atomic mass is 10.3. The summed E-state index contributed by atoms with van der Waals surface area (Å²) in [5.74, 6) is 0.204. The maximum atomic E-state index is 12.2. The van der Waals surface area contributed by atoms with Crippen LogP contribution in [0, 0.1) is 0 Å². The van der Waals surface area contributed by atoms with Crippen LogP contribution >= 0.6 is 0 Å². The van der Waals surface area contributed by atoms with Crippen molar-refractivity contribution in [2.24, 2.45) is 7.05 Å². The van der Waals surface area contributed by atoms with Gasteiger partial charge in [0.1, 0.15) is 0 Å². The second kappa shape index (κ2) is 4.57. The number of para-hydroxylation sites is 3. The first-order chi connectivity index (χ1) is 9.25. The smallest absolute Gasteiger partial charge is 0.291 e. The number of nitrogens with zero attached hydrogens (tertiary/aromatic N) is 2. The number of aromatic nitrogens is 2. The minimum absolute atomic E-state index is 0.204. The first-order valence-corrected chi connectivity index (χ1v) is 6.03. The lowest BCUT2D eigenvalue weighted by Gasteiger charge is -2.04. The lowest BCUT2D eigenvalue weighted by molar-refractivity contribution is 0.101. The Hall–Kier alpha value is -2.62. The number of aryl methyl sites for hydroxylation is 1. The van der Waals surface area contributed by atoms with Crippen molar-refractivity contribution in [3.8, 4) is 0 Å². The molecule has 0 aliphatic rings. The number of carbonyl (C=O) groups excluding carboxylic acids is 1. The third-order valence-electron chi connectivity index (χ3n) is 3.02. The highest BCUT2D eigenvalue weighted by Crippen LogP contribution is 2.15. The summed E-state index contributed by atoms with van der Waals surface area (Å²) in [5.41, 5.74) is 2.53. The van der Waals surface area contributed by atoms with E-state index in [4.69, 9.17) is 0 Å².